The molecule has 2 heteroatoms. The van der Waals surface area contributed by atoms with Crippen LogP contribution in [0, 0.1) is 0 Å². The molecule has 0 fully saturated rings. The van der Waals surface area contributed by atoms with Crippen LogP contribution in [0.1, 0.15) is 29.8 Å². The molecule has 0 bridgehead atoms. The van der Waals surface area contributed by atoms with Gasteiger partial charge >= 0.3 is 0 Å². The summed E-state index contributed by atoms with van der Waals surface area (Å²) in [4.78, 5) is 11.0. The van der Waals surface area contributed by atoms with E-state index in [1.165, 1.54) is 5.56 Å². The molecule has 2 nitrogen and oxygen atoms in total. The van der Waals surface area contributed by atoms with Gasteiger partial charge in [0, 0.05) is 18.2 Å². The minimum atomic E-state index is 0.458. The zero-order valence-electron chi connectivity index (χ0n) is 10.2. The summed E-state index contributed by atoms with van der Waals surface area (Å²) in [6, 6.07) is 12.4. The van der Waals surface area contributed by atoms with Gasteiger partial charge in [-0.2, -0.15) is 0 Å². The number of aldehydes is 1. The van der Waals surface area contributed by atoms with Gasteiger partial charge in [0.1, 0.15) is 0 Å². The van der Waals surface area contributed by atoms with Crippen LogP contribution in [0.5, 0.6) is 0 Å². The summed E-state index contributed by atoms with van der Waals surface area (Å²) in [6.45, 7) is 5.08. The van der Waals surface area contributed by atoms with E-state index < -0.39 is 0 Å². The Morgan fingerprint density at radius 2 is 1.82 bits per heavy atom. The van der Waals surface area contributed by atoms with Crippen LogP contribution >= 0.6 is 0 Å². The normalized spacial score (nSPS) is 11.0. The van der Waals surface area contributed by atoms with E-state index >= 15 is 0 Å². The highest BCUT2D eigenvalue weighted by molar-refractivity contribution is 5.99. The fourth-order valence-corrected chi connectivity index (χ4v) is 1.96. The molecule has 0 unspecified atom stereocenters. The second-order valence-corrected chi connectivity index (χ2v) is 4.51. The molecule has 0 atom stereocenters. The summed E-state index contributed by atoms with van der Waals surface area (Å²) in [5, 5.41) is 5.59. The highest BCUT2D eigenvalue weighted by Gasteiger charge is 2.05. The topological polar surface area (TPSA) is 29.1 Å². The first-order chi connectivity index (χ1) is 8.22. The molecule has 2 aromatic carbocycles. The fourth-order valence-electron chi connectivity index (χ4n) is 1.96. The van der Waals surface area contributed by atoms with E-state index in [9.17, 15) is 4.79 Å². The van der Waals surface area contributed by atoms with Crippen molar-refractivity contribution in [3.8, 4) is 0 Å². The van der Waals surface area contributed by atoms with E-state index in [1.807, 2.05) is 30.3 Å². The molecular formula is C15H17NO. The predicted molar refractivity (Wildman–Crippen MR) is 71.3 cm³/mol. The summed E-state index contributed by atoms with van der Waals surface area (Å²) in [7, 11) is 0. The molecular weight excluding hydrogens is 210 g/mol. The summed E-state index contributed by atoms with van der Waals surface area (Å²) in [5.41, 5.74) is 1.99. The van der Waals surface area contributed by atoms with Gasteiger partial charge in [-0.3, -0.25) is 4.79 Å². The third-order valence-electron chi connectivity index (χ3n) is 2.88. The molecule has 0 amide bonds. The van der Waals surface area contributed by atoms with E-state index in [0.29, 0.717) is 6.04 Å². The highest BCUT2D eigenvalue weighted by atomic mass is 16.1. The van der Waals surface area contributed by atoms with Crippen molar-refractivity contribution in [2.45, 2.75) is 26.4 Å². The summed E-state index contributed by atoms with van der Waals surface area (Å²) >= 11 is 0. The van der Waals surface area contributed by atoms with Gasteiger partial charge in [0.15, 0.2) is 6.29 Å². The van der Waals surface area contributed by atoms with Gasteiger partial charge in [-0.25, -0.2) is 0 Å². The van der Waals surface area contributed by atoms with Crippen LogP contribution in [-0.2, 0) is 6.54 Å². The molecule has 0 aliphatic heterocycles. The molecule has 17 heavy (non-hydrogen) atoms. The van der Waals surface area contributed by atoms with Gasteiger partial charge in [-0.05, 0) is 16.3 Å². The van der Waals surface area contributed by atoms with Crippen LogP contribution < -0.4 is 5.32 Å². The third kappa shape index (κ3) is 2.53. The SMILES string of the molecule is CC(C)NCc1ccc(C=O)c2ccccc12. The molecule has 2 aromatic rings. The molecule has 2 rings (SSSR count). The van der Waals surface area contributed by atoms with Crippen molar-refractivity contribution >= 4 is 17.1 Å². The van der Waals surface area contributed by atoms with E-state index in [0.717, 1.165) is 29.2 Å². The summed E-state index contributed by atoms with van der Waals surface area (Å²) < 4.78 is 0. The largest absolute Gasteiger partial charge is 0.310 e. The van der Waals surface area contributed by atoms with Crippen molar-refractivity contribution in [2.75, 3.05) is 0 Å². The Morgan fingerprint density at radius 3 is 2.47 bits per heavy atom. The maximum atomic E-state index is 11.0. The minimum Gasteiger partial charge on any atom is -0.310 e. The van der Waals surface area contributed by atoms with Crippen molar-refractivity contribution in [3.63, 3.8) is 0 Å². The predicted octanol–water partition coefficient (Wildman–Crippen LogP) is 3.15. The average Bonchev–Trinajstić information content (AvgIpc) is 2.35. The Labute approximate surface area is 102 Å². The molecule has 0 radical (unpaired) electrons. The molecule has 0 aliphatic rings. The number of carbonyl (C=O) groups excluding carboxylic acids is 1. The lowest BCUT2D eigenvalue weighted by Gasteiger charge is -2.11. The maximum absolute atomic E-state index is 11.0. The van der Waals surface area contributed by atoms with Crippen molar-refractivity contribution in [2.24, 2.45) is 0 Å². The smallest absolute Gasteiger partial charge is 0.150 e. The van der Waals surface area contributed by atoms with Crippen LogP contribution in [0.2, 0.25) is 0 Å². The molecule has 0 aromatic heterocycles. The van der Waals surface area contributed by atoms with E-state index in [1.54, 1.807) is 0 Å². The van der Waals surface area contributed by atoms with Crippen LogP contribution in [-0.4, -0.2) is 12.3 Å². The van der Waals surface area contributed by atoms with Gasteiger partial charge in [0.05, 0.1) is 0 Å². The van der Waals surface area contributed by atoms with Gasteiger partial charge in [-0.15, -0.1) is 0 Å². The molecule has 0 heterocycles. The van der Waals surface area contributed by atoms with E-state index in [2.05, 4.69) is 25.2 Å². The van der Waals surface area contributed by atoms with Crippen molar-refractivity contribution in [1.82, 2.24) is 5.32 Å². The van der Waals surface area contributed by atoms with Crippen LogP contribution in [0.4, 0.5) is 0 Å². The Morgan fingerprint density at radius 1 is 1.12 bits per heavy atom. The number of hydrogen-bond donors (Lipinski definition) is 1. The van der Waals surface area contributed by atoms with Gasteiger partial charge in [0.2, 0.25) is 0 Å². The second-order valence-electron chi connectivity index (χ2n) is 4.51. The standard InChI is InChI=1S/C15H17NO/c1-11(2)16-9-12-7-8-13(10-17)15-6-4-3-5-14(12)15/h3-8,10-11,16H,9H2,1-2H3. The van der Waals surface area contributed by atoms with Crippen LogP contribution in [0.15, 0.2) is 36.4 Å². The zero-order valence-corrected chi connectivity index (χ0v) is 10.2. The van der Waals surface area contributed by atoms with Crippen molar-refractivity contribution < 1.29 is 4.79 Å². The molecule has 1 N–H and O–H groups in total. The molecule has 0 spiro atoms. The van der Waals surface area contributed by atoms with E-state index in [-0.39, 0.29) is 0 Å². The minimum absolute atomic E-state index is 0.458. The van der Waals surface area contributed by atoms with Gasteiger partial charge in [0.25, 0.3) is 0 Å². The molecule has 0 aliphatic carbocycles. The number of carbonyl (C=O) groups is 1. The van der Waals surface area contributed by atoms with E-state index in [4.69, 9.17) is 0 Å². The molecule has 0 saturated heterocycles. The lowest BCUT2D eigenvalue weighted by molar-refractivity contribution is 0.112. The maximum Gasteiger partial charge on any atom is 0.150 e. The zero-order chi connectivity index (χ0) is 12.3. The monoisotopic (exact) mass is 227 g/mol. The van der Waals surface area contributed by atoms with Crippen molar-refractivity contribution in [3.05, 3.63) is 47.5 Å². The van der Waals surface area contributed by atoms with Crippen molar-refractivity contribution in [1.29, 1.82) is 0 Å². The Balaban J connectivity index is 2.47. The number of rotatable bonds is 4. The summed E-state index contributed by atoms with van der Waals surface area (Å²) in [5.74, 6) is 0. The Bertz CT molecular complexity index is 531. The first-order valence-corrected chi connectivity index (χ1v) is 5.91. The second kappa shape index (κ2) is 5.11. The molecule has 88 valence electrons. The van der Waals surface area contributed by atoms with Gasteiger partial charge in [-0.1, -0.05) is 50.2 Å². The number of nitrogens with one attached hydrogen (secondary N) is 1. The average molecular weight is 227 g/mol. The fraction of sp³-hybridized carbons (Fsp3) is 0.267. The first-order valence-electron chi connectivity index (χ1n) is 5.91. The first kappa shape index (κ1) is 11.8. The number of benzene rings is 2. The number of fused-ring (bicyclic) bond motifs is 1. The van der Waals surface area contributed by atoms with Crippen LogP contribution in [0.3, 0.4) is 0 Å². The Hall–Kier alpha value is -1.67. The highest BCUT2D eigenvalue weighted by Crippen LogP contribution is 2.21. The van der Waals surface area contributed by atoms with Crippen LogP contribution in [0.25, 0.3) is 10.8 Å². The van der Waals surface area contributed by atoms with Gasteiger partial charge < -0.3 is 5.32 Å². The quantitative estimate of drug-likeness (QED) is 0.813. The number of hydrogen-bond acceptors (Lipinski definition) is 2. The summed E-state index contributed by atoms with van der Waals surface area (Å²) in [6.07, 6.45) is 0.919. The Kier molecular flexibility index (Phi) is 3.55. The molecule has 0 saturated carbocycles. The third-order valence-corrected chi connectivity index (χ3v) is 2.88. The lowest BCUT2D eigenvalue weighted by Crippen LogP contribution is -2.21. The lowest BCUT2D eigenvalue weighted by atomic mass is 10.00.